The first-order chi connectivity index (χ1) is 30.5. The number of allylic oxidation sites excluding steroid dienone is 2. The van der Waals surface area contributed by atoms with Crippen molar-refractivity contribution in [2.45, 2.75) is 316 Å². The molecule has 0 fully saturated rings. The molecule has 0 bridgehead atoms. The van der Waals surface area contributed by atoms with Crippen LogP contribution in [0.1, 0.15) is 310 Å². The van der Waals surface area contributed by atoms with Crippen LogP contribution in [0.5, 0.6) is 0 Å². The highest BCUT2D eigenvalue weighted by Crippen LogP contribution is 2.17. The summed E-state index contributed by atoms with van der Waals surface area (Å²) in [4.78, 5) is 38.0. The van der Waals surface area contributed by atoms with Crippen LogP contribution in [0.4, 0.5) is 0 Å². The van der Waals surface area contributed by atoms with Crippen molar-refractivity contribution in [3.63, 3.8) is 0 Å². The molecule has 6 heteroatoms. The fraction of sp³-hybridized carbons (Fsp3) is 0.911. The largest absolute Gasteiger partial charge is 0.462 e. The van der Waals surface area contributed by atoms with Crippen LogP contribution in [0, 0.1) is 0 Å². The average Bonchev–Trinajstić information content (AvgIpc) is 3.27. The van der Waals surface area contributed by atoms with Crippen molar-refractivity contribution in [2.24, 2.45) is 0 Å². The molecular formula is C56H106O6. The third kappa shape index (κ3) is 49.2. The van der Waals surface area contributed by atoms with E-state index in [0.29, 0.717) is 19.3 Å². The number of hydrogen-bond acceptors (Lipinski definition) is 6. The zero-order chi connectivity index (χ0) is 45.1. The number of carbonyl (C=O) groups is 3. The summed E-state index contributed by atoms with van der Waals surface area (Å²) in [6.45, 7) is 6.68. The molecule has 0 saturated heterocycles. The maximum Gasteiger partial charge on any atom is 0.306 e. The molecule has 0 aromatic heterocycles. The molecule has 0 aliphatic rings. The number of ether oxygens (including phenoxy) is 3. The number of rotatable bonds is 51. The fourth-order valence-electron chi connectivity index (χ4n) is 8.32. The molecule has 0 radical (unpaired) electrons. The van der Waals surface area contributed by atoms with Crippen molar-refractivity contribution in [1.82, 2.24) is 0 Å². The van der Waals surface area contributed by atoms with E-state index in [0.717, 1.165) is 64.2 Å². The van der Waals surface area contributed by atoms with Crippen molar-refractivity contribution in [3.8, 4) is 0 Å². The Balaban J connectivity index is 4.33. The summed E-state index contributed by atoms with van der Waals surface area (Å²) < 4.78 is 16.8. The first kappa shape index (κ1) is 60.2. The van der Waals surface area contributed by atoms with E-state index in [2.05, 4.69) is 32.9 Å². The Labute approximate surface area is 386 Å². The molecule has 0 aliphatic heterocycles. The normalized spacial score (nSPS) is 12.0. The van der Waals surface area contributed by atoms with Gasteiger partial charge in [-0.25, -0.2) is 0 Å². The van der Waals surface area contributed by atoms with E-state index < -0.39 is 6.10 Å². The lowest BCUT2D eigenvalue weighted by Crippen LogP contribution is -2.30. The third-order valence-electron chi connectivity index (χ3n) is 12.5. The van der Waals surface area contributed by atoms with Gasteiger partial charge < -0.3 is 14.2 Å². The van der Waals surface area contributed by atoms with Gasteiger partial charge in [0.05, 0.1) is 0 Å². The minimum atomic E-state index is -0.766. The molecule has 0 unspecified atom stereocenters. The molecule has 0 aliphatic carbocycles. The Morgan fingerprint density at radius 1 is 0.306 bits per heavy atom. The molecule has 1 atom stereocenters. The molecular weight excluding hydrogens is 769 g/mol. The van der Waals surface area contributed by atoms with Crippen LogP contribution in [-0.4, -0.2) is 37.2 Å². The van der Waals surface area contributed by atoms with E-state index in [1.165, 1.54) is 205 Å². The molecule has 0 saturated carbocycles. The predicted octanol–water partition coefficient (Wildman–Crippen LogP) is 18.2. The van der Waals surface area contributed by atoms with Crippen molar-refractivity contribution in [2.75, 3.05) is 13.2 Å². The molecule has 0 aromatic carbocycles. The highest BCUT2D eigenvalue weighted by molar-refractivity contribution is 5.71. The van der Waals surface area contributed by atoms with Crippen LogP contribution in [0.15, 0.2) is 12.2 Å². The SMILES string of the molecule is CCCCCCCCC/C=C\CCCCCCCC(=O)OC[C@@H](COC(=O)CCCCCCCCCCCCCCC)OC(=O)CCCCCCCCCCCCCCCCC. The monoisotopic (exact) mass is 875 g/mol. The van der Waals surface area contributed by atoms with Crippen LogP contribution in [0.2, 0.25) is 0 Å². The zero-order valence-electron chi connectivity index (χ0n) is 41.9. The van der Waals surface area contributed by atoms with E-state index in [4.69, 9.17) is 14.2 Å². The van der Waals surface area contributed by atoms with Crippen LogP contribution < -0.4 is 0 Å². The summed E-state index contributed by atoms with van der Waals surface area (Å²) in [5, 5.41) is 0. The summed E-state index contributed by atoms with van der Waals surface area (Å²) in [5.41, 5.74) is 0. The maximum atomic E-state index is 12.8. The number of carbonyl (C=O) groups excluding carboxylic acids is 3. The minimum absolute atomic E-state index is 0.0668. The molecule has 0 N–H and O–H groups in total. The molecule has 0 heterocycles. The van der Waals surface area contributed by atoms with Gasteiger partial charge in [0.2, 0.25) is 0 Å². The summed E-state index contributed by atoms with van der Waals surface area (Å²) in [6, 6.07) is 0. The van der Waals surface area contributed by atoms with Gasteiger partial charge in [0.1, 0.15) is 13.2 Å². The van der Waals surface area contributed by atoms with Crippen molar-refractivity contribution in [1.29, 1.82) is 0 Å². The summed E-state index contributed by atoms with van der Waals surface area (Å²) >= 11 is 0. The van der Waals surface area contributed by atoms with E-state index >= 15 is 0 Å². The lowest BCUT2D eigenvalue weighted by atomic mass is 10.0. The third-order valence-corrected chi connectivity index (χ3v) is 12.5. The van der Waals surface area contributed by atoms with Gasteiger partial charge in [-0.3, -0.25) is 14.4 Å². The molecule has 62 heavy (non-hydrogen) atoms. The van der Waals surface area contributed by atoms with Crippen LogP contribution in [-0.2, 0) is 28.6 Å². The molecule has 0 amide bonds. The van der Waals surface area contributed by atoms with Gasteiger partial charge in [0.15, 0.2) is 6.10 Å². The van der Waals surface area contributed by atoms with E-state index in [-0.39, 0.29) is 31.1 Å². The minimum Gasteiger partial charge on any atom is -0.462 e. The lowest BCUT2D eigenvalue weighted by Gasteiger charge is -2.18. The highest BCUT2D eigenvalue weighted by atomic mass is 16.6. The molecule has 0 rings (SSSR count). The smallest absolute Gasteiger partial charge is 0.306 e. The van der Waals surface area contributed by atoms with Gasteiger partial charge in [-0.2, -0.15) is 0 Å². The molecule has 366 valence electrons. The van der Waals surface area contributed by atoms with Crippen molar-refractivity contribution < 1.29 is 28.6 Å². The van der Waals surface area contributed by atoms with Crippen molar-refractivity contribution in [3.05, 3.63) is 12.2 Å². The van der Waals surface area contributed by atoms with E-state index in [9.17, 15) is 14.4 Å². The first-order valence-electron chi connectivity index (χ1n) is 27.7. The standard InChI is InChI=1S/C56H106O6/c1-4-7-10-13-16-19-22-25-27-29-31-34-37-40-43-46-49-55(58)61-52-53(51-60-54(57)48-45-42-39-36-33-30-24-21-18-15-12-9-6-3)62-56(59)50-47-44-41-38-35-32-28-26-23-20-17-14-11-8-5-2/h27,29,53H,4-26,28,30-52H2,1-3H3/b29-27-/t53-/m1/s1. The Kier molecular flexibility index (Phi) is 50.2. The molecule has 0 aromatic rings. The number of hydrogen-bond donors (Lipinski definition) is 0. The second-order valence-corrected chi connectivity index (χ2v) is 18.9. The second kappa shape index (κ2) is 51.8. The first-order valence-corrected chi connectivity index (χ1v) is 27.7. The Morgan fingerprint density at radius 3 is 0.806 bits per heavy atom. The van der Waals surface area contributed by atoms with Gasteiger partial charge in [0, 0.05) is 19.3 Å². The fourth-order valence-corrected chi connectivity index (χ4v) is 8.32. The Hall–Kier alpha value is -1.85. The molecule has 6 nitrogen and oxygen atoms in total. The predicted molar refractivity (Wildman–Crippen MR) is 266 cm³/mol. The van der Waals surface area contributed by atoms with Crippen LogP contribution in [0.25, 0.3) is 0 Å². The topological polar surface area (TPSA) is 78.9 Å². The summed E-state index contributed by atoms with van der Waals surface area (Å²) in [5.74, 6) is -0.854. The zero-order valence-corrected chi connectivity index (χ0v) is 41.9. The van der Waals surface area contributed by atoms with Gasteiger partial charge >= 0.3 is 17.9 Å². The van der Waals surface area contributed by atoms with Gasteiger partial charge in [-0.15, -0.1) is 0 Å². The summed E-state index contributed by atoms with van der Waals surface area (Å²) in [6.07, 6.45) is 57.6. The molecule has 0 spiro atoms. The second-order valence-electron chi connectivity index (χ2n) is 18.9. The Morgan fingerprint density at radius 2 is 0.532 bits per heavy atom. The van der Waals surface area contributed by atoms with E-state index in [1.807, 2.05) is 0 Å². The van der Waals surface area contributed by atoms with Gasteiger partial charge in [0.25, 0.3) is 0 Å². The number of unbranched alkanes of at least 4 members (excludes halogenated alkanes) is 38. The Bertz CT molecular complexity index is 962. The summed E-state index contributed by atoms with van der Waals surface area (Å²) in [7, 11) is 0. The average molecular weight is 875 g/mol. The van der Waals surface area contributed by atoms with Crippen LogP contribution >= 0.6 is 0 Å². The van der Waals surface area contributed by atoms with E-state index in [1.54, 1.807) is 0 Å². The van der Waals surface area contributed by atoms with Crippen LogP contribution in [0.3, 0.4) is 0 Å². The quantitative estimate of drug-likeness (QED) is 0.0262. The van der Waals surface area contributed by atoms with Gasteiger partial charge in [-0.1, -0.05) is 258 Å². The maximum absolute atomic E-state index is 12.8. The van der Waals surface area contributed by atoms with Crippen molar-refractivity contribution >= 4 is 17.9 Å². The highest BCUT2D eigenvalue weighted by Gasteiger charge is 2.19. The van der Waals surface area contributed by atoms with Gasteiger partial charge in [-0.05, 0) is 44.9 Å². The number of esters is 3. The lowest BCUT2D eigenvalue weighted by molar-refractivity contribution is -0.167.